The van der Waals surface area contributed by atoms with Gasteiger partial charge in [0.25, 0.3) is 0 Å². The Morgan fingerprint density at radius 3 is 2.89 bits per heavy atom. The van der Waals surface area contributed by atoms with Gasteiger partial charge in [-0.3, -0.25) is 9.00 Å². The Balaban J connectivity index is 1.94. The third kappa shape index (κ3) is 7.62. The van der Waals surface area contributed by atoms with Crippen molar-refractivity contribution in [2.24, 2.45) is 4.99 Å². The first kappa shape index (κ1) is 21.9. The maximum Gasteiger partial charge on any atom is 0.243 e. The summed E-state index contributed by atoms with van der Waals surface area (Å²) >= 11 is 1.74. The van der Waals surface area contributed by atoms with E-state index in [1.54, 1.807) is 30.3 Å². The molecule has 0 aliphatic heterocycles. The number of nitrogens with one attached hydrogen (secondary N) is 2. The second-order valence-corrected chi connectivity index (χ2v) is 10.0. The van der Waals surface area contributed by atoms with Gasteiger partial charge in [-0.05, 0) is 37.1 Å². The van der Waals surface area contributed by atoms with Crippen molar-refractivity contribution >= 4 is 34.0 Å². The first-order valence-electron chi connectivity index (χ1n) is 9.64. The van der Waals surface area contributed by atoms with Gasteiger partial charge in [0.15, 0.2) is 5.96 Å². The minimum absolute atomic E-state index is 0.0250. The molecule has 0 aromatic carbocycles. The molecule has 1 amide bonds. The summed E-state index contributed by atoms with van der Waals surface area (Å²) in [6, 6.07) is 4.43. The number of carbonyl (C=O) groups is 1. The van der Waals surface area contributed by atoms with E-state index in [4.69, 9.17) is 0 Å². The van der Waals surface area contributed by atoms with Crippen LogP contribution in [0, 0.1) is 0 Å². The van der Waals surface area contributed by atoms with Crippen molar-refractivity contribution in [1.82, 2.24) is 15.5 Å². The number of hydrogen-bond acceptors (Lipinski definition) is 4. The molecule has 0 radical (unpaired) electrons. The van der Waals surface area contributed by atoms with E-state index in [-0.39, 0.29) is 23.7 Å². The molecule has 1 aliphatic rings. The number of amides is 1. The van der Waals surface area contributed by atoms with E-state index in [1.165, 1.54) is 4.88 Å². The molecule has 1 aromatic rings. The Bertz CT molecular complexity index is 632. The molecule has 0 bridgehead atoms. The lowest BCUT2D eigenvalue weighted by Crippen LogP contribution is -2.47. The fourth-order valence-corrected chi connectivity index (χ4v) is 5.20. The van der Waals surface area contributed by atoms with E-state index >= 15 is 0 Å². The fraction of sp³-hybridized carbons (Fsp3) is 0.684. The zero-order valence-electron chi connectivity index (χ0n) is 16.6. The zero-order chi connectivity index (χ0) is 19.6. The van der Waals surface area contributed by atoms with E-state index < -0.39 is 10.8 Å². The van der Waals surface area contributed by atoms with Gasteiger partial charge < -0.3 is 15.5 Å². The monoisotopic (exact) mass is 412 g/mol. The molecule has 8 heteroatoms. The summed E-state index contributed by atoms with van der Waals surface area (Å²) in [4.78, 5) is 19.3. The lowest BCUT2D eigenvalue weighted by molar-refractivity contribution is -0.127. The van der Waals surface area contributed by atoms with E-state index in [0.29, 0.717) is 11.7 Å². The van der Waals surface area contributed by atoms with Gasteiger partial charge in [-0.2, -0.15) is 0 Å². The zero-order valence-corrected chi connectivity index (χ0v) is 18.2. The van der Waals surface area contributed by atoms with Crippen molar-refractivity contribution in [3.8, 4) is 0 Å². The molecule has 152 valence electrons. The molecule has 1 heterocycles. The summed E-state index contributed by atoms with van der Waals surface area (Å²) in [6.45, 7) is 2.87. The Morgan fingerprint density at radius 1 is 1.41 bits per heavy atom. The van der Waals surface area contributed by atoms with Crippen LogP contribution >= 0.6 is 11.3 Å². The highest BCUT2D eigenvalue weighted by molar-refractivity contribution is 7.85. The molecule has 1 aromatic heterocycles. The highest BCUT2D eigenvalue weighted by Gasteiger charge is 2.26. The Morgan fingerprint density at radius 2 is 2.22 bits per heavy atom. The molecular formula is C19H32N4O2S2. The molecule has 1 aliphatic carbocycles. The lowest BCUT2D eigenvalue weighted by atomic mass is 9.95. The quantitative estimate of drug-likeness (QED) is 0.506. The predicted octanol–water partition coefficient (Wildman–Crippen LogP) is 1.99. The third-order valence-electron chi connectivity index (χ3n) is 4.74. The average molecular weight is 413 g/mol. The summed E-state index contributed by atoms with van der Waals surface area (Å²) in [5, 5.41) is 9.17. The Labute approximate surface area is 169 Å². The van der Waals surface area contributed by atoms with Crippen LogP contribution in [0.2, 0.25) is 0 Å². The molecule has 0 spiro atoms. The van der Waals surface area contributed by atoms with Gasteiger partial charge in [0.05, 0.1) is 0 Å². The van der Waals surface area contributed by atoms with E-state index in [9.17, 15) is 9.00 Å². The van der Waals surface area contributed by atoms with Gasteiger partial charge >= 0.3 is 0 Å². The highest BCUT2D eigenvalue weighted by atomic mass is 32.2. The van der Waals surface area contributed by atoms with Crippen LogP contribution in [0.15, 0.2) is 22.5 Å². The van der Waals surface area contributed by atoms with Gasteiger partial charge in [-0.25, -0.2) is 4.99 Å². The molecule has 2 N–H and O–H groups in total. The standard InChI is InChI=1S/C19H32N4O2S2/c1-4-27(25)17-9-5-7-15(13-17)22-19(21-14-18(24)23(2)3)20-11-10-16-8-6-12-26-16/h6,8,12,15,17H,4-5,7,9-11,13-14H2,1-3H3,(H2,20,21,22). The second-order valence-electron chi connectivity index (χ2n) is 7.01. The van der Waals surface area contributed by atoms with Gasteiger partial charge in [0, 0.05) is 53.4 Å². The molecular weight excluding hydrogens is 380 g/mol. The van der Waals surface area contributed by atoms with Crippen LogP contribution in [0.25, 0.3) is 0 Å². The second kappa shape index (κ2) is 11.4. The van der Waals surface area contributed by atoms with Crippen molar-refractivity contribution in [1.29, 1.82) is 0 Å². The molecule has 3 atom stereocenters. The van der Waals surface area contributed by atoms with E-state index in [1.807, 2.05) is 6.92 Å². The van der Waals surface area contributed by atoms with Crippen LogP contribution < -0.4 is 10.6 Å². The summed E-state index contributed by atoms with van der Waals surface area (Å²) in [7, 11) is 2.72. The number of nitrogens with zero attached hydrogens (tertiary/aromatic N) is 2. The topological polar surface area (TPSA) is 73.8 Å². The lowest BCUT2D eigenvalue weighted by Gasteiger charge is -2.30. The number of likely N-dealkylation sites (N-methyl/N-ethyl adjacent to an activating group) is 1. The molecule has 3 unspecified atom stereocenters. The number of thiophene rings is 1. The van der Waals surface area contributed by atoms with Crippen LogP contribution in [0.3, 0.4) is 0 Å². The number of hydrogen-bond donors (Lipinski definition) is 2. The summed E-state index contributed by atoms with van der Waals surface area (Å²) in [6.07, 6.45) is 4.98. The summed E-state index contributed by atoms with van der Waals surface area (Å²) in [5.41, 5.74) is 0. The van der Waals surface area contributed by atoms with Gasteiger partial charge in [0.2, 0.25) is 5.91 Å². The van der Waals surface area contributed by atoms with Gasteiger partial charge in [0.1, 0.15) is 6.54 Å². The summed E-state index contributed by atoms with van der Waals surface area (Å²) in [5.74, 6) is 1.37. The van der Waals surface area contributed by atoms with Crippen molar-refractivity contribution < 1.29 is 9.00 Å². The number of rotatable bonds is 8. The average Bonchev–Trinajstić information content (AvgIpc) is 3.18. The smallest absolute Gasteiger partial charge is 0.243 e. The van der Waals surface area contributed by atoms with Crippen LogP contribution in [-0.2, 0) is 22.0 Å². The molecule has 1 fully saturated rings. The van der Waals surface area contributed by atoms with Gasteiger partial charge in [-0.15, -0.1) is 11.3 Å². The minimum atomic E-state index is -0.752. The minimum Gasteiger partial charge on any atom is -0.356 e. The first-order valence-corrected chi connectivity index (χ1v) is 11.9. The Hall–Kier alpha value is -1.41. The SMILES string of the molecule is CCS(=O)C1CCCC(NC(=NCC(=O)N(C)C)NCCc2cccs2)C1. The maximum absolute atomic E-state index is 12.2. The van der Waals surface area contributed by atoms with Crippen molar-refractivity contribution in [2.75, 3.05) is 32.9 Å². The van der Waals surface area contributed by atoms with E-state index in [0.717, 1.165) is 38.6 Å². The third-order valence-corrected chi connectivity index (χ3v) is 7.42. The molecule has 1 saturated carbocycles. The van der Waals surface area contributed by atoms with Crippen LogP contribution in [0.5, 0.6) is 0 Å². The number of carbonyl (C=O) groups excluding carboxylic acids is 1. The van der Waals surface area contributed by atoms with Crippen LogP contribution in [-0.4, -0.2) is 65.2 Å². The largest absolute Gasteiger partial charge is 0.356 e. The van der Waals surface area contributed by atoms with E-state index in [2.05, 4.69) is 33.1 Å². The normalized spacial score (nSPS) is 21.5. The fourth-order valence-electron chi connectivity index (χ4n) is 3.14. The highest BCUT2D eigenvalue weighted by Crippen LogP contribution is 2.23. The summed E-state index contributed by atoms with van der Waals surface area (Å²) < 4.78 is 12.2. The van der Waals surface area contributed by atoms with Crippen molar-refractivity contribution in [3.05, 3.63) is 22.4 Å². The van der Waals surface area contributed by atoms with Crippen molar-refractivity contribution in [2.45, 2.75) is 50.3 Å². The molecule has 0 saturated heterocycles. The van der Waals surface area contributed by atoms with Crippen molar-refractivity contribution in [3.63, 3.8) is 0 Å². The van der Waals surface area contributed by atoms with Gasteiger partial charge in [-0.1, -0.05) is 19.4 Å². The van der Waals surface area contributed by atoms with Crippen LogP contribution in [0.4, 0.5) is 0 Å². The predicted molar refractivity (Wildman–Crippen MR) is 115 cm³/mol. The molecule has 27 heavy (non-hydrogen) atoms. The first-order chi connectivity index (χ1) is 13.0. The maximum atomic E-state index is 12.2. The molecule has 6 nitrogen and oxygen atoms in total. The Kier molecular flexibility index (Phi) is 9.27. The number of aliphatic imine (C=N–C) groups is 1. The van der Waals surface area contributed by atoms with Crippen LogP contribution in [0.1, 0.15) is 37.5 Å². The molecule has 2 rings (SSSR count). The number of guanidine groups is 1.